The van der Waals surface area contributed by atoms with E-state index in [1.54, 1.807) is 6.07 Å². The van der Waals surface area contributed by atoms with Crippen molar-refractivity contribution in [2.45, 2.75) is 20.4 Å². The van der Waals surface area contributed by atoms with Crippen LogP contribution in [0.2, 0.25) is 0 Å². The van der Waals surface area contributed by atoms with Crippen LogP contribution in [0.4, 0.5) is 10.2 Å². The molecule has 0 fully saturated rings. The first-order chi connectivity index (χ1) is 16.5. The van der Waals surface area contributed by atoms with Gasteiger partial charge in [0, 0.05) is 36.3 Å². The number of amidine groups is 1. The normalized spacial score (nSPS) is 11.7. The van der Waals surface area contributed by atoms with Gasteiger partial charge in [-0.2, -0.15) is 0 Å². The first kappa shape index (κ1) is 23.3. The molecule has 0 saturated heterocycles. The highest BCUT2D eigenvalue weighted by Gasteiger charge is 2.17. The van der Waals surface area contributed by atoms with Crippen LogP contribution < -0.4 is 20.5 Å². The molecular formula is C23H25FN6O3S. The second-order valence-corrected chi connectivity index (χ2v) is 8.37. The van der Waals surface area contributed by atoms with Gasteiger partial charge in [-0.1, -0.05) is 17.3 Å². The smallest absolute Gasteiger partial charge is 0.228 e. The van der Waals surface area contributed by atoms with Crippen LogP contribution in [0.1, 0.15) is 17.5 Å². The molecule has 0 atom stereocenters. The summed E-state index contributed by atoms with van der Waals surface area (Å²) in [6.45, 7) is 4.65. The SMILES string of the molecule is CCOc1cc(-c2cc(NCCn3c(C)cc4cccc(OCF)c43)ncn2)sc1C(N)=NO. The summed E-state index contributed by atoms with van der Waals surface area (Å²) in [6, 6.07) is 11.3. The van der Waals surface area contributed by atoms with Crippen LogP contribution in [0.5, 0.6) is 11.5 Å². The highest BCUT2D eigenvalue weighted by Crippen LogP contribution is 2.36. The van der Waals surface area contributed by atoms with E-state index in [2.05, 4.69) is 31.1 Å². The Hall–Kier alpha value is -3.86. The molecule has 4 rings (SSSR count). The summed E-state index contributed by atoms with van der Waals surface area (Å²) in [5, 5.41) is 16.5. The minimum atomic E-state index is -0.878. The van der Waals surface area contributed by atoms with Crippen molar-refractivity contribution in [1.29, 1.82) is 0 Å². The number of thiophene rings is 1. The van der Waals surface area contributed by atoms with Crippen molar-refractivity contribution < 1.29 is 19.1 Å². The number of ether oxygens (including phenoxy) is 2. The number of para-hydroxylation sites is 1. The van der Waals surface area contributed by atoms with E-state index in [0.29, 0.717) is 47.6 Å². The molecule has 0 spiro atoms. The van der Waals surface area contributed by atoms with E-state index in [1.807, 2.05) is 38.1 Å². The van der Waals surface area contributed by atoms with Gasteiger partial charge in [0.15, 0.2) is 5.84 Å². The van der Waals surface area contributed by atoms with Gasteiger partial charge in [-0.25, -0.2) is 14.4 Å². The quantitative estimate of drug-likeness (QED) is 0.132. The predicted molar refractivity (Wildman–Crippen MR) is 131 cm³/mol. The second kappa shape index (κ2) is 10.4. The number of alkyl halides is 1. The number of nitrogens with one attached hydrogen (secondary N) is 1. The monoisotopic (exact) mass is 484 g/mol. The van der Waals surface area contributed by atoms with Crippen LogP contribution >= 0.6 is 11.3 Å². The van der Waals surface area contributed by atoms with Gasteiger partial charge in [0.05, 0.1) is 22.7 Å². The zero-order valence-electron chi connectivity index (χ0n) is 18.8. The molecule has 0 bridgehead atoms. The first-order valence-corrected chi connectivity index (χ1v) is 11.5. The average Bonchev–Trinajstić information content (AvgIpc) is 3.41. The van der Waals surface area contributed by atoms with Crippen molar-refractivity contribution in [3.05, 3.63) is 53.3 Å². The zero-order chi connectivity index (χ0) is 24.1. The van der Waals surface area contributed by atoms with Crippen molar-refractivity contribution in [3.63, 3.8) is 0 Å². The molecule has 3 heterocycles. The molecule has 4 N–H and O–H groups in total. The molecule has 0 aliphatic rings. The van der Waals surface area contributed by atoms with E-state index in [0.717, 1.165) is 21.5 Å². The minimum Gasteiger partial charge on any atom is -0.492 e. The standard InChI is InChI=1S/C23H25FN6O3S/c1-3-32-18-11-19(34-22(18)23(25)29-31)16-10-20(28-13-27-16)26-7-8-30-14(2)9-15-5-4-6-17(21(15)30)33-12-24/h4-6,9-11,13,31H,3,7-8,12H2,1-2H3,(H2,25,29)(H,26,27,28). The maximum atomic E-state index is 12.8. The fraction of sp³-hybridized carbons (Fsp3) is 0.261. The Morgan fingerprint density at radius 2 is 2.09 bits per heavy atom. The number of benzene rings is 1. The van der Waals surface area contributed by atoms with E-state index < -0.39 is 6.86 Å². The Morgan fingerprint density at radius 3 is 2.85 bits per heavy atom. The lowest BCUT2D eigenvalue weighted by atomic mass is 10.2. The Bertz CT molecular complexity index is 1320. The third-order valence-electron chi connectivity index (χ3n) is 5.20. The third-order valence-corrected chi connectivity index (χ3v) is 6.36. The third kappa shape index (κ3) is 4.74. The number of halogens is 1. The van der Waals surface area contributed by atoms with Gasteiger partial charge in [0.2, 0.25) is 6.86 Å². The van der Waals surface area contributed by atoms with Gasteiger partial charge in [-0.15, -0.1) is 11.3 Å². The lowest BCUT2D eigenvalue weighted by Gasteiger charge is -2.12. The van der Waals surface area contributed by atoms with Gasteiger partial charge in [-0.05, 0) is 26.0 Å². The summed E-state index contributed by atoms with van der Waals surface area (Å²) >= 11 is 1.32. The molecule has 0 amide bonds. The Balaban J connectivity index is 1.52. The minimum absolute atomic E-state index is 0.0162. The second-order valence-electron chi connectivity index (χ2n) is 7.32. The molecule has 0 unspecified atom stereocenters. The van der Waals surface area contributed by atoms with E-state index >= 15 is 0 Å². The van der Waals surface area contributed by atoms with Gasteiger partial charge < -0.3 is 30.3 Å². The zero-order valence-corrected chi connectivity index (χ0v) is 19.6. The molecule has 178 valence electrons. The molecule has 1 aromatic carbocycles. The number of nitrogens with zero attached hydrogens (tertiary/aromatic N) is 4. The molecule has 0 aliphatic heterocycles. The fourth-order valence-electron chi connectivity index (χ4n) is 3.76. The van der Waals surface area contributed by atoms with Crippen LogP contribution in [-0.4, -0.2) is 45.6 Å². The molecule has 0 saturated carbocycles. The van der Waals surface area contributed by atoms with Gasteiger partial charge in [0.25, 0.3) is 0 Å². The van der Waals surface area contributed by atoms with Crippen LogP contribution in [0.3, 0.4) is 0 Å². The summed E-state index contributed by atoms with van der Waals surface area (Å²) < 4.78 is 25.7. The molecular weight excluding hydrogens is 459 g/mol. The summed E-state index contributed by atoms with van der Waals surface area (Å²) in [7, 11) is 0. The maximum absolute atomic E-state index is 12.8. The number of fused-ring (bicyclic) bond motifs is 1. The van der Waals surface area contributed by atoms with Gasteiger partial charge in [0.1, 0.15) is 28.5 Å². The highest BCUT2D eigenvalue weighted by molar-refractivity contribution is 7.17. The van der Waals surface area contributed by atoms with E-state index in [1.165, 1.54) is 17.7 Å². The lowest BCUT2D eigenvalue weighted by Crippen LogP contribution is -2.12. The summed E-state index contributed by atoms with van der Waals surface area (Å²) in [5.41, 5.74) is 8.39. The van der Waals surface area contributed by atoms with E-state index in [4.69, 9.17) is 20.4 Å². The number of oxime groups is 1. The Kier molecular flexibility index (Phi) is 7.12. The van der Waals surface area contributed by atoms with Crippen molar-refractivity contribution in [2.24, 2.45) is 10.9 Å². The van der Waals surface area contributed by atoms with E-state index in [-0.39, 0.29) is 5.84 Å². The topological polar surface area (TPSA) is 120 Å². The molecule has 34 heavy (non-hydrogen) atoms. The van der Waals surface area contributed by atoms with Crippen molar-refractivity contribution in [2.75, 3.05) is 25.3 Å². The van der Waals surface area contributed by atoms with Gasteiger partial charge >= 0.3 is 0 Å². The van der Waals surface area contributed by atoms with Crippen molar-refractivity contribution >= 4 is 33.9 Å². The summed E-state index contributed by atoms with van der Waals surface area (Å²) in [4.78, 5) is 10.0. The van der Waals surface area contributed by atoms with Crippen LogP contribution in [0.25, 0.3) is 21.5 Å². The first-order valence-electron chi connectivity index (χ1n) is 10.6. The lowest BCUT2D eigenvalue weighted by molar-refractivity contribution is 0.193. The summed E-state index contributed by atoms with van der Waals surface area (Å²) in [6.07, 6.45) is 1.48. The number of anilines is 1. The number of aryl methyl sites for hydroxylation is 1. The van der Waals surface area contributed by atoms with E-state index in [9.17, 15) is 4.39 Å². The Morgan fingerprint density at radius 1 is 1.24 bits per heavy atom. The number of hydrogen-bond donors (Lipinski definition) is 3. The molecule has 0 radical (unpaired) electrons. The number of nitrogens with two attached hydrogens (primary N) is 1. The molecule has 3 aromatic heterocycles. The molecule has 9 nitrogen and oxygen atoms in total. The highest BCUT2D eigenvalue weighted by atomic mass is 32.1. The predicted octanol–water partition coefficient (Wildman–Crippen LogP) is 4.38. The maximum Gasteiger partial charge on any atom is 0.228 e. The number of rotatable bonds is 10. The summed E-state index contributed by atoms with van der Waals surface area (Å²) in [5.74, 6) is 1.68. The van der Waals surface area contributed by atoms with Crippen molar-refractivity contribution in [3.8, 4) is 22.1 Å². The van der Waals surface area contributed by atoms with Crippen LogP contribution in [0.15, 0.2) is 47.9 Å². The van der Waals surface area contributed by atoms with Gasteiger partial charge in [-0.3, -0.25) is 0 Å². The fourth-order valence-corrected chi connectivity index (χ4v) is 4.72. The molecule has 4 aromatic rings. The Labute approximate surface area is 199 Å². The number of aromatic nitrogens is 3. The van der Waals surface area contributed by atoms with Crippen LogP contribution in [0, 0.1) is 6.92 Å². The largest absolute Gasteiger partial charge is 0.492 e. The van der Waals surface area contributed by atoms with Crippen LogP contribution in [-0.2, 0) is 6.54 Å². The average molecular weight is 485 g/mol. The van der Waals surface area contributed by atoms with Crippen molar-refractivity contribution in [1.82, 2.24) is 14.5 Å². The number of hydrogen-bond acceptors (Lipinski definition) is 8. The molecule has 11 heteroatoms. The molecule has 0 aliphatic carbocycles.